The molecule has 1 aliphatic rings. The third-order valence-corrected chi connectivity index (χ3v) is 2.70. The summed E-state index contributed by atoms with van der Waals surface area (Å²) in [5.41, 5.74) is 0. The van der Waals surface area contributed by atoms with E-state index in [4.69, 9.17) is 5.11 Å². The van der Waals surface area contributed by atoms with E-state index in [-0.39, 0.29) is 18.4 Å². The summed E-state index contributed by atoms with van der Waals surface area (Å²) >= 11 is 0. The minimum atomic E-state index is -3.17. The van der Waals surface area contributed by atoms with Crippen molar-refractivity contribution in [3.63, 3.8) is 0 Å². The fourth-order valence-electron chi connectivity index (χ4n) is 0.634. The molecule has 0 spiro atoms. The highest BCUT2D eigenvalue weighted by molar-refractivity contribution is 7.89. The summed E-state index contributed by atoms with van der Waals surface area (Å²) in [5, 5.41) is 8.32. The maximum Gasteiger partial charge on any atom is 0.214 e. The highest BCUT2D eigenvalue weighted by Crippen LogP contribution is 2.19. The Morgan fingerprint density at radius 1 is 1.50 bits per heavy atom. The summed E-state index contributed by atoms with van der Waals surface area (Å²) in [4.78, 5) is 0. The van der Waals surface area contributed by atoms with Crippen LogP contribution >= 0.6 is 0 Å². The Hall–Kier alpha value is -0.130. The van der Waals surface area contributed by atoms with E-state index in [0.717, 1.165) is 12.8 Å². The Labute approximate surface area is 60.3 Å². The van der Waals surface area contributed by atoms with Crippen molar-refractivity contribution in [1.82, 2.24) is 4.72 Å². The second-order valence-corrected chi connectivity index (χ2v) is 4.31. The largest absolute Gasteiger partial charge is 0.395 e. The van der Waals surface area contributed by atoms with Gasteiger partial charge in [0.15, 0.2) is 0 Å². The minimum Gasteiger partial charge on any atom is -0.395 e. The summed E-state index contributed by atoms with van der Waals surface area (Å²) in [6.45, 7) is -0.304. The first-order valence-corrected chi connectivity index (χ1v) is 4.90. The van der Waals surface area contributed by atoms with Crippen LogP contribution in [0.3, 0.4) is 0 Å². The predicted molar refractivity (Wildman–Crippen MR) is 37.0 cm³/mol. The topological polar surface area (TPSA) is 66.4 Å². The van der Waals surface area contributed by atoms with E-state index < -0.39 is 10.0 Å². The van der Waals surface area contributed by atoms with Crippen molar-refractivity contribution < 1.29 is 13.5 Å². The van der Waals surface area contributed by atoms with E-state index in [2.05, 4.69) is 4.72 Å². The number of rotatable bonds is 4. The zero-order valence-electron chi connectivity index (χ0n) is 5.58. The predicted octanol–water partition coefficient (Wildman–Crippen LogP) is -0.940. The lowest BCUT2D eigenvalue weighted by molar-refractivity contribution is 0.319. The van der Waals surface area contributed by atoms with Crippen LogP contribution in [0.1, 0.15) is 12.8 Å². The van der Waals surface area contributed by atoms with E-state index in [0.29, 0.717) is 0 Å². The Morgan fingerprint density at radius 2 is 2.10 bits per heavy atom. The van der Waals surface area contributed by atoms with Gasteiger partial charge in [-0.05, 0) is 12.8 Å². The fourth-order valence-corrected chi connectivity index (χ4v) is 1.74. The maximum absolute atomic E-state index is 10.8. The molecule has 0 unspecified atom stereocenters. The molecular formula is C5H11NO3S. The van der Waals surface area contributed by atoms with Crippen LogP contribution in [0.2, 0.25) is 0 Å². The monoisotopic (exact) mass is 165 g/mol. The SMILES string of the molecule is O=S(=O)(CCO)NC1CC1. The number of sulfonamides is 1. The molecule has 1 rings (SSSR count). The summed E-state index contributed by atoms with van der Waals surface area (Å²) in [6.07, 6.45) is 1.87. The fraction of sp³-hybridized carbons (Fsp3) is 1.00. The molecule has 0 amide bonds. The molecule has 1 fully saturated rings. The highest BCUT2D eigenvalue weighted by atomic mass is 32.2. The van der Waals surface area contributed by atoms with Crippen LogP contribution in [0.25, 0.3) is 0 Å². The van der Waals surface area contributed by atoms with Gasteiger partial charge in [-0.1, -0.05) is 0 Å². The van der Waals surface area contributed by atoms with Crippen molar-refractivity contribution in [3.05, 3.63) is 0 Å². The van der Waals surface area contributed by atoms with Gasteiger partial charge in [-0.25, -0.2) is 13.1 Å². The Kier molecular flexibility index (Phi) is 2.28. The van der Waals surface area contributed by atoms with Crippen molar-refractivity contribution in [2.24, 2.45) is 0 Å². The summed E-state index contributed by atoms with van der Waals surface area (Å²) in [7, 11) is -3.17. The second-order valence-electron chi connectivity index (χ2n) is 2.43. The van der Waals surface area contributed by atoms with E-state index >= 15 is 0 Å². The first kappa shape index (κ1) is 7.97. The molecule has 4 nitrogen and oxygen atoms in total. The molecule has 1 aliphatic carbocycles. The van der Waals surface area contributed by atoms with Crippen LogP contribution in [0.15, 0.2) is 0 Å². The van der Waals surface area contributed by atoms with Crippen LogP contribution < -0.4 is 4.72 Å². The molecule has 2 N–H and O–H groups in total. The van der Waals surface area contributed by atoms with Crippen molar-refractivity contribution in [1.29, 1.82) is 0 Å². The lowest BCUT2D eigenvalue weighted by Crippen LogP contribution is -2.29. The number of hydrogen-bond acceptors (Lipinski definition) is 3. The average molecular weight is 165 g/mol. The third kappa shape index (κ3) is 2.64. The first-order chi connectivity index (χ1) is 4.64. The first-order valence-electron chi connectivity index (χ1n) is 3.25. The molecule has 10 heavy (non-hydrogen) atoms. The summed E-state index contributed by atoms with van der Waals surface area (Å²) in [5.74, 6) is -0.177. The average Bonchev–Trinajstić information content (AvgIpc) is 2.48. The smallest absolute Gasteiger partial charge is 0.214 e. The Bertz CT molecular complexity index is 195. The molecule has 0 aromatic heterocycles. The molecule has 0 atom stereocenters. The second kappa shape index (κ2) is 2.86. The molecule has 0 aromatic rings. The molecule has 0 aromatic carbocycles. The van der Waals surface area contributed by atoms with Gasteiger partial charge < -0.3 is 5.11 Å². The van der Waals surface area contributed by atoms with E-state index in [9.17, 15) is 8.42 Å². The molecule has 0 heterocycles. The molecule has 60 valence electrons. The number of nitrogens with one attached hydrogen (secondary N) is 1. The normalized spacial score (nSPS) is 19.3. The van der Waals surface area contributed by atoms with Crippen LogP contribution in [0.4, 0.5) is 0 Å². The van der Waals surface area contributed by atoms with Crippen molar-refractivity contribution >= 4 is 10.0 Å². The summed E-state index contributed by atoms with van der Waals surface area (Å²) in [6, 6.07) is 0.150. The van der Waals surface area contributed by atoms with E-state index in [1.807, 2.05) is 0 Å². The third-order valence-electron chi connectivity index (χ3n) is 1.28. The van der Waals surface area contributed by atoms with Crippen LogP contribution in [0.5, 0.6) is 0 Å². The summed E-state index contributed by atoms with van der Waals surface area (Å²) < 4.78 is 24.1. The van der Waals surface area contributed by atoms with Crippen molar-refractivity contribution in [2.75, 3.05) is 12.4 Å². The van der Waals surface area contributed by atoms with Crippen LogP contribution in [0, 0.1) is 0 Å². The zero-order valence-corrected chi connectivity index (χ0v) is 6.39. The minimum absolute atomic E-state index is 0.150. The quantitative estimate of drug-likeness (QED) is 0.565. The van der Waals surface area contributed by atoms with Crippen LogP contribution in [-0.2, 0) is 10.0 Å². The standard InChI is InChI=1S/C5H11NO3S/c7-3-4-10(8,9)6-5-1-2-5/h5-7H,1-4H2. The molecule has 0 bridgehead atoms. The molecule has 0 saturated heterocycles. The maximum atomic E-state index is 10.8. The van der Waals surface area contributed by atoms with Crippen molar-refractivity contribution in [2.45, 2.75) is 18.9 Å². The van der Waals surface area contributed by atoms with E-state index in [1.165, 1.54) is 0 Å². The van der Waals surface area contributed by atoms with Gasteiger partial charge in [-0.2, -0.15) is 0 Å². The molecule has 0 aliphatic heterocycles. The van der Waals surface area contributed by atoms with Gasteiger partial charge in [0, 0.05) is 6.04 Å². The molecule has 0 radical (unpaired) electrons. The van der Waals surface area contributed by atoms with Gasteiger partial charge in [0.2, 0.25) is 10.0 Å². The van der Waals surface area contributed by atoms with Gasteiger partial charge in [0.05, 0.1) is 12.4 Å². The Balaban J connectivity index is 2.34. The van der Waals surface area contributed by atoms with E-state index in [1.54, 1.807) is 0 Å². The zero-order chi connectivity index (χ0) is 7.61. The Morgan fingerprint density at radius 3 is 2.50 bits per heavy atom. The van der Waals surface area contributed by atoms with Crippen molar-refractivity contribution in [3.8, 4) is 0 Å². The van der Waals surface area contributed by atoms with Gasteiger partial charge in [0.25, 0.3) is 0 Å². The van der Waals surface area contributed by atoms with Gasteiger partial charge in [0.1, 0.15) is 0 Å². The van der Waals surface area contributed by atoms with Crippen LogP contribution in [-0.4, -0.2) is 31.9 Å². The molecule has 1 saturated carbocycles. The molecule has 5 heteroatoms. The molecular weight excluding hydrogens is 154 g/mol. The van der Waals surface area contributed by atoms with Gasteiger partial charge in [-0.15, -0.1) is 0 Å². The number of hydrogen-bond donors (Lipinski definition) is 2. The highest BCUT2D eigenvalue weighted by Gasteiger charge is 2.26. The number of aliphatic hydroxyl groups excluding tert-OH is 1. The lowest BCUT2D eigenvalue weighted by Gasteiger charge is -2.00. The van der Waals surface area contributed by atoms with Gasteiger partial charge >= 0.3 is 0 Å². The lowest BCUT2D eigenvalue weighted by atomic mass is 10.8. The number of aliphatic hydroxyl groups is 1. The van der Waals surface area contributed by atoms with Gasteiger partial charge in [-0.3, -0.25) is 0 Å².